The number of unbranched alkanes of at least 4 members (excludes halogenated alkanes) is 10. The van der Waals surface area contributed by atoms with E-state index >= 15 is 0 Å². The Bertz CT molecular complexity index is 412. The Morgan fingerprint density at radius 2 is 1.32 bits per heavy atom. The van der Waals surface area contributed by atoms with E-state index in [0.717, 1.165) is 32.1 Å². The summed E-state index contributed by atoms with van der Waals surface area (Å²) in [7, 11) is 0. The Balaban J connectivity index is 3.56. The minimum absolute atomic E-state index is 0.217. The highest BCUT2D eigenvalue weighted by Crippen LogP contribution is 2.19. The number of hydrogen-bond donors (Lipinski definition) is 2. The van der Waals surface area contributed by atoms with Crippen molar-refractivity contribution in [3.05, 3.63) is 24.3 Å². The zero-order valence-corrected chi connectivity index (χ0v) is 15.8. The maximum Gasteiger partial charge on any atom is 0.331 e. The van der Waals surface area contributed by atoms with Gasteiger partial charge in [0.25, 0.3) is 0 Å². The summed E-state index contributed by atoms with van der Waals surface area (Å²) in [6.07, 6.45) is 18.9. The largest absolute Gasteiger partial charge is 0.481 e. The summed E-state index contributed by atoms with van der Waals surface area (Å²) in [6.45, 7) is 5.61. The molecule has 1 unspecified atom stereocenters. The van der Waals surface area contributed by atoms with Gasteiger partial charge in [-0.05, 0) is 32.1 Å². The Morgan fingerprint density at radius 1 is 0.840 bits per heavy atom. The SMILES string of the molecule is C=C(C(=O)O)C(CCCCCC/C=C/CCCCCCCC)C(=O)O. The van der Waals surface area contributed by atoms with Crippen LogP contribution in [-0.2, 0) is 9.59 Å². The summed E-state index contributed by atoms with van der Waals surface area (Å²) in [4.78, 5) is 21.9. The molecule has 0 heterocycles. The van der Waals surface area contributed by atoms with Crippen LogP contribution in [0, 0.1) is 5.92 Å². The van der Waals surface area contributed by atoms with Crippen molar-refractivity contribution in [2.75, 3.05) is 0 Å². The average Bonchev–Trinajstić information content (AvgIpc) is 2.57. The average molecular weight is 353 g/mol. The van der Waals surface area contributed by atoms with E-state index in [2.05, 4.69) is 25.7 Å². The molecule has 0 aliphatic heterocycles. The monoisotopic (exact) mass is 352 g/mol. The summed E-state index contributed by atoms with van der Waals surface area (Å²) in [5, 5.41) is 17.9. The molecule has 0 amide bonds. The van der Waals surface area contributed by atoms with Crippen LogP contribution in [0.15, 0.2) is 24.3 Å². The summed E-state index contributed by atoms with van der Waals surface area (Å²) < 4.78 is 0. The van der Waals surface area contributed by atoms with Crippen LogP contribution in [0.1, 0.15) is 90.4 Å². The van der Waals surface area contributed by atoms with Gasteiger partial charge in [0, 0.05) is 5.57 Å². The molecular weight excluding hydrogens is 316 g/mol. The first-order valence-electron chi connectivity index (χ1n) is 9.80. The molecule has 0 radical (unpaired) electrons. The second-order valence-electron chi connectivity index (χ2n) is 6.74. The number of carboxylic acids is 2. The predicted molar refractivity (Wildman–Crippen MR) is 103 cm³/mol. The highest BCUT2D eigenvalue weighted by Gasteiger charge is 2.24. The quantitative estimate of drug-likeness (QED) is 0.192. The molecule has 0 saturated heterocycles. The van der Waals surface area contributed by atoms with E-state index in [1.165, 1.54) is 44.9 Å². The topological polar surface area (TPSA) is 74.6 Å². The van der Waals surface area contributed by atoms with Crippen LogP contribution in [0.2, 0.25) is 0 Å². The van der Waals surface area contributed by atoms with Crippen molar-refractivity contribution in [3.8, 4) is 0 Å². The third kappa shape index (κ3) is 13.4. The van der Waals surface area contributed by atoms with Gasteiger partial charge < -0.3 is 10.2 Å². The molecule has 0 bridgehead atoms. The highest BCUT2D eigenvalue weighted by atomic mass is 16.4. The molecule has 0 aromatic rings. The van der Waals surface area contributed by atoms with E-state index in [1.54, 1.807) is 0 Å². The predicted octanol–water partition coefficient (Wildman–Crippen LogP) is 5.98. The van der Waals surface area contributed by atoms with Gasteiger partial charge in [-0.3, -0.25) is 4.79 Å². The Kier molecular flexibility index (Phi) is 14.9. The smallest absolute Gasteiger partial charge is 0.331 e. The minimum atomic E-state index is -1.22. The third-order valence-electron chi connectivity index (χ3n) is 4.50. The standard InChI is InChI=1S/C21H36O4/c1-3-4-5-6-7-8-9-10-11-12-13-14-15-16-17-19(21(24)25)18(2)20(22)23/h10-11,19H,2-9,12-17H2,1H3,(H,22,23)(H,24,25)/b11-10+. The van der Waals surface area contributed by atoms with Gasteiger partial charge in [0.2, 0.25) is 0 Å². The van der Waals surface area contributed by atoms with Crippen molar-refractivity contribution in [1.82, 2.24) is 0 Å². The zero-order valence-electron chi connectivity index (χ0n) is 15.8. The molecule has 25 heavy (non-hydrogen) atoms. The number of hydrogen-bond acceptors (Lipinski definition) is 2. The van der Waals surface area contributed by atoms with Gasteiger partial charge in [-0.25, -0.2) is 4.79 Å². The van der Waals surface area contributed by atoms with Gasteiger partial charge in [0.05, 0.1) is 5.92 Å². The molecule has 1 atom stereocenters. The summed E-state index contributed by atoms with van der Waals surface area (Å²) in [6, 6.07) is 0. The van der Waals surface area contributed by atoms with Crippen LogP contribution in [0.3, 0.4) is 0 Å². The van der Waals surface area contributed by atoms with Crippen molar-refractivity contribution in [3.63, 3.8) is 0 Å². The zero-order chi connectivity index (χ0) is 18.9. The molecule has 2 N–H and O–H groups in total. The second-order valence-corrected chi connectivity index (χ2v) is 6.74. The van der Waals surface area contributed by atoms with E-state index in [0.29, 0.717) is 6.42 Å². The fraction of sp³-hybridized carbons (Fsp3) is 0.714. The van der Waals surface area contributed by atoms with E-state index in [4.69, 9.17) is 10.2 Å². The number of aliphatic carboxylic acids is 2. The maximum atomic E-state index is 11.1. The van der Waals surface area contributed by atoms with E-state index in [9.17, 15) is 9.59 Å². The van der Waals surface area contributed by atoms with Gasteiger partial charge in [-0.2, -0.15) is 0 Å². The van der Waals surface area contributed by atoms with E-state index in [1.807, 2.05) is 0 Å². The molecule has 4 heteroatoms. The van der Waals surface area contributed by atoms with Gasteiger partial charge in [-0.15, -0.1) is 0 Å². The molecule has 0 rings (SSSR count). The number of allylic oxidation sites excluding steroid dienone is 2. The molecule has 4 nitrogen and oxygen atoms in total. The molecule has 0 aromatic heterocycles. The lowest BCUT2D eigenvalue weighted by molar-refractivity contribution is -0.144. The molecule has 0 aliphatic rings. The normalized spacial score (nSPS) is 12.4. The first-order chi connectivity index (χ1) is 12.0. The van der Waals surface area contributed by atoms with Gasteiger partial charge in [0.15, 0.2) is 0 Å². The first-order valence-corrected chi connectivity index (χ1v) is 9.80. The van der Waals surface area contributed by atoms with E-state index < -0.39 is 17.9 Å². The number of rotatable bonds is 17. The van der Waals surface area contributed by atoms with Crippen LogP contribution < -0.4 is 0 Å². The van der Waals surface area contributed by atoms with Gasteiger partial charge >= 0.3 is 11.9 Å². The molecular formula is C21H36O4. The number of carboxylic acid groups (broad SMARTS) is 2. The molecule has 0 aromatic carbocycles. The lowest BCUT2D eigenvalue weighted by atomic mass is 9.94. The van der Waals surface area contributed by atoms with E-state index in [-0.39, 0.29) is 5.57 Å². The molecule has 0 spiro atoms. The molecule has 0 saturated carbocycles. The molecule has 0 fully saturated rings. The highest BCUT2D eigenvalue weighted by molar-refractivity contribution is 5.93. The van der Waals surface area contributed by atoms with Crippen molar-refractivity contribution in [2.45, 2.75) is 90.4 Å². The summed E-state index contributed by atoms with van der Waals surface area (Å²) in [5.74, 6) is -3.28. The Labute approximate surface area is 153 Å². The maximum absolute atomic E-state index is 11.1. The lowest BCUT2D eigenvalue weighted by Gasteiger charge is -2.11. The summed E-state index contributed by atoms with van der Waals surface area (Å²) >= 11 is 0. The van der Waals surface area contributed by atoms with Crippen molar-refractivity contribution in [2.24, 2.45) is 5.92 Å². The van der Waals surface area contributed by atoms with Crippen molar-refractivity contribution in [1.29, 1.82) is 0 Å². The minimum Gasteiger partial charge on any atom is -0.481 e. The van der Waals surface area contributed by atoms with Crippen molar-refractivity contribution >= 4 is 11.9 Å². The van der Waals surface area contributed by atoms with Gasteiger partial charge in [0.1, 0.15) is 0 Å². The molecule has 0 aliphatic carbocycles. The van der Waals surface area contributed by atoms with Crippen LogP contribution in [0.5, 0.6) is 0 Å². The third-order valence-corrected chi connectivity index (χ3v) is 4.50. The second kappa shape index (κ2) is 15.9. The van der Waals surface area contributed by atoms with Crippen LogP contribution in [-0.4, -0.2) is 22.2 Å². The van der Waals surface area contributed by atoms with Gasteiger partial charge in [-0.1, -0.05) is 77.0 Å². The van der Waals surface area contributed by atoms with Crippen LogP contribution >= 0.6 is 0 Å². The summed E-state index contributed by atoms with van der Waals surface area (Å²) in [5.41, 5.74) is -0.217. The number of carbonyl (C=O) groups is 2. The first kappa shape index (κ1) is 23.4. The lowest BCUT2D eigenvalue weighted by Crippen LogP contribution is -2.20. The van der Waals surface area contributed by atoms with Crippen LogP contribution in [0.4, 0.5) is 0 Å². The van der Waals surface area contributed by atoms with Crippen molar-refractivity contribution < 1.29 is 19.8 Å². The Morgan fingerprint density at radius 3 is 1.80 bits per heavy atom. The Hall–Kier alpha value is -1.58. The fourth-order valence-corrected chi connectivity index (χ4v) is 2.84. The fourth-order valence-electron chi connectivity index (χ4n) is 2.84. The van der Waals surface area contributed by atoms with Crippen LogP contribution in [0.25, 0.3) is 0 Å². The molecule has 144 valence electrons.